The van der Waals surface area contributed by atoms with Crippen LogP contribution < -0.4 is 10.1 Å². The predicted molar refractivity (Wildman–Crippen MR) is 109 cm³/mol. The van der Waals surface area contributed by atoms with E-state index < -0.39 is 29.7 Å². The maximum Gasteiger partial charge on any atom is 0.341 e. The lowest BCUT2D eigenvalue weighted by molar-refractivity contribution is -0.119. The highest BCUT2D eigenvalue weighted by Crippen LogP contribution is 2.32. The molecule has 0 aliphatic carbocycles. The zero-order valence-corrected chi connectivity index (χ0v) is 17.3. The summed E-state index contributed by atoms with van der Waals surface area (Å²) in [4.78, 5) is 50.9. The van der Waals surface area contributed by atoms with Gasteiger partial charge in [-0.05, 0) is 32.0 Å². The van der Waals surface area contributed by atoms with E-state index in [2.05, 4.69) is 5.32 Å². The number of carbonyl (C=O) groups excluding carboxylic acids is 4. The molecule has 0 bridgehead atoms. The first-order valence-corrected chi connectivity index (χ1v) is 9.50. The zero-order valence-electron chi connectivity index (χ0n) is 16.5. The number of nitrogens with zero attached hydrogens (tertiary/aromatic N) is 1. The molecule has 1 N–H and O–H groups in total. The van der Waals surface area contributed by atoms with Crippen molar-refractivity contribution >= 4 is 41.0 Å². The molecule has 1 unspecified atom stereocenters. The molecule has 0 aromatic heterocycles. The van der Waals surface area contributed by atoms with Crippen LogP contribution in [0.15, 0.2) is 36.4 Å². The van der Waals surface area contributed by atoms with Gasteiger partial charge in [-0.3, -0.25) is 19.3 Å². The number of ether oxygens (including phenoxy) is 2. The van der Waals surface area contributed by atoms with Crippen LogP contribution >= 0.6 is 11.6 Å². The van der Waals surface area contributed by atoms with Gasteiger partial charge < -0.3 is 14.8 Å². The van der Waals surface area contributed by atoms with Crippen LogP contribution in [0.5, 0.6) is 5.75 Å². The quantitative estimate of drug-likeness (QED) is 0.558. The Morgan fingerprint density at radius 2 is 1.73 bits per heavy atom. The largest absolute Gasteiger partial charge is 0.496 e. The topological polar surface area (TPSA) is 102 Å². The van der Waals surface area contributed by atoms with E-state index in [9.17, 15) is 19.2 Å². The van der Waals surface area contributed by atoms with E-state index in [0.717, 1.165) is 4.90 Å². The van der Waals surface area contributed by atoms with Crippen molar-refractivity contribution in [3.63, 3.8) is 0 Å². The molecule has 0 spiro atoms. The molecule has 1 heterocycles. The second-order valence-electron chi connectivity index (χ2n) is 6.44. The minimum absolute atomic E-state index is 0.0711. The van der Waals surface area contributed by atoms with Gasteiger partial charge in [-0.1, -0.05) is 23.7 Å². The van der Waals surface area contributed by atoms with Crippen LogP contribution in [0, 0.1) is 0 Å². The summed E-state index contributed by atoms with van der Waals surface area (Å²) in [6.07, 6.45) is 0. The SMILES string of the molecule is CCOC(=O)c1cc(Cl)c(NC(=O)C(C)N2C(=O)c3ccccc3C2=O)cc1OC. The van der Waals surface area contributed by atoms with Crippen LogP contribution in [0.25, 0.3) is 0 Å². The second-order valence-corrected chi connectivity index (χ2v) is 6.85. The molecule has 3 amide bonds. The van der Waals surface area contributed by atoms with Crippen molar-refractivity contribution in [2.24, 2.45) is 0 Å². The molecule has 8 nitrogen and oxygen atoms in total. The first-order valence-electron chi connectivity index (χ1n) is 9.12. The summed E-state index contributed by atoms with van der Waals surface area (Å²) >= 11 is 6.22. The molecule has 1 aliphatic heterocycles. The lowest BCUT2D eigenvalue weighted by Crippen LogP contribution is -2.45. The molecule has 0 radical (unpaired) electrons. The number of esters is 1. The molecule has 3 rings (SSSR count). The Morgan fingerprint density at radius 3 is 2.27 bits per heavy atom. The molecule has 0 saturated carbocycles. The van der Waals surface area contributed by atoms with Crippen molar-refractivity contribution in [1.82, 2.24) is 4.90 Å². The standard InChI is InChI=1S/C21H19ClN2O6/c1-4-30-21(28)14-9-15(22)16(10-17(14)29-3)23-18(25)11(2)24-19(26)12-7-5-6-8-13(12)20(24)27/h5-11H,4H2,1-3H3,(H,23,25). The third-order valence-corrected chi connectivity index (χ3v) is 4.95. The van der Waals surface area contributed by atoms with Gasteiger partial charge in [-0.2, -0.15) is 0 Å². The summed E-state index contributed by atoms with van der Waals surface area (Å²) in [5, 5.41) is 2.65. The van der Waals surface area contributed by atoms with Crippen molar-refractivity contribution in [3.8, 4) is 5.75 Å². The van der Waals surface area contributed by atoms with Crippen molar-refractivity contribution in [3.05, 3.63) is 58.1 Å². The Bertz CT molecular complexity index is 1020. The number of nitrogens with one attached hydrogen (secondary N) is 1. The van der Waals surface area contributed by atoms with Crippen molar-refractivity contribution in [1.29, 1.82) is 0 Å². The van der Waals surface area contributed by atoms with Gasteiger partial charge in [0.1, 0.15) is 17.4 Å². The molecule has 1 aliphatic rings. The third kappa shape index (κ3) is 3.73. The smallest absolute Gasteiger partial charge is 0.341 e. The highest BCUT2D eigenvalue weighted by atomic mass is 35.5. The molecule has 9 heteroatoms. The number of amides is 3. The van der Waals surface area contributed by atoms with Gasteiger partial charge in [0.05, 0.1) is 35.6 Å². The first-order chi connectivity index (χ1) is 14.3. The lowest BCUT2D eigenvalue weighted by atomic mass is 10.1. The molecule has 2 aromatic carbocycles. The number of imide groups is 1. The fourth-order valence-corrected chi connectivity index (χ4v) is 3.31. The minimum atomic E-state index is -1.09. The van der Waals surface area contributed by atoms with Crippen LogP contribution in [0.3, 0.4) is 0 Å². The number of carbonyl (C=O) groups is 4. The van der Waals surface area contributed by atoms with Crippen molar-refractivity contribution in [2.75, 3.05) is 19.0 Å². The normalized spacial score (nSPS) is 13.7. The lowest BCUT2D eigenvalue weighted by Gasteiger charge is -2.22. The van der Waals surface area contributed by atoms with E-state index in [1.807, 2.05) is 0 Å². The van der Waals surface area contributed by atoms with Crippen LogP contribution in [0.1, 0.15) is 44.9 Å². The number of hydrogen-bond acceptors (Lipinski definition) is 6. The van der Waals surface area contributed by atoms with Crippen LogP contribution in [0.2, 0.25) is 5.02 Å². The molecule has 2 aromatic rings. The number of benzene rings is 2. The average Bonchev–Trinajstić information content (AvgIpc) is 2.99. The fourth-order valence-electron chi connectivity index (χ4n) is 3.10. The fraction of sp³-hybridized carbons (Fsp3) is 0.238. The highest BCUT2D eigenvalue weighted by Gasteiger charge is 2.40. The predicted octanol–water partition coefficient (Wildman–Crippen LogP) is 3.15. The van der Waals surface area contributed by atoms with E-state index in [-0.39, 0.29) is 39.8 Å². The summed E-state index contributed by atoms with van der Waals surface area (Å²) in [5.41, 5.74) is 0.770. The van der Waals surface area contributed by atoms with Crippen LogP contribution in [-0.2, 0) is 9.53 Å². The van der Waals surface area contributed by atoms with Gasteiger partial charge in [-0.25, -0.2) is 4.79 Å². The van der Waals surface area contributed by atoms with Gasteiger partial charge >= 0.3 is 5.97 Å². The van der Waals surface area contributed by atoms with E-state index in [1.54, 1.807) is 19.1 Å². The molecule has 0 saturated heterocycles. The summed E-state index contributed by atoms with van der Waals surface area (Å²) < 4.78 is 10.2. The molecule has 0 fully saturated rings. The number of halogens is 1. The minimum Gasteiger partial charge on any atom is -0.496 e. The molecule has 30 heavy (non-hydrogen) atoms. The maximum absolute atomic E-state index is 12.8. The van der Waals surface area contributed by atoms with Crippen molar-refractivity contribution < 1.29 is 28.7 Å². The number of rotatable bonds is 6. The van der Waals surface area contributed by atoms with E-state index in [1.165, 1.54) is 38.3 Å². The summed E-state index contributed by atoms with van der Waals surface area (Å²) in [5.74, 6) is -2.17. The molecular formula is C21H19ClN2O6. The summed E-state index contributed by atoms with van der Waals surface area (Å²) in [6.45, 7) is 3.28. The number of methoxy groups -OCH3 is 1. The Kier molecular flexibility index (Phi) is 6.07. The number of fused-ring (bicyclic) bond motifs is 1. The third-order valence-electron chi connectivity index (χ3n) is 4.63. The first kappa shape index (κ1) is 21.3. The van der Waals surface area contributed by atoms with Gasteiger partial charge in [0.2, 0.25) is 5.91 Å². The van der Waals surface area contributed by atoms with Gasteiger partial charge in [0.25, 0.3) is 11.8 Å². The summed E-state index contributed by atoms with van der Waals surface area (Å²) in [6, 6.07) is 7.98. The van der Waals surface area contributed by atoms with Crippen LogP contribution in [0.4, 0.5) is 5.69 Å². The second kappa shape index (κ2) is 8.54. The Labute approximate surface area is 177 Å². The summed E-state index contributed by atoms with van der Waals surface area (Å²) in [7, 11) is 1.36. The molecule has 1 atom stereocenters. The monoisotopic (exact) mass is 430 g/mol. The zero-order chi connectivity index (χ0) is 22.0. The number of hydrogen-bond donors (Lipinski definition) is 1. The van der Waals surface area contributed by atoms with Crippen molar-refractivity contribution in [2.45, 2.75) is 19.9 Å². The maximum atomic E-state index is 12.8. The Morgan fingerprint density at radius 1 is 1.13 bits per heavy atom. The molecular weight excluding hydrogens is 412 g/mol. The van der Waals surface area contributed by atoms with Gasteiger partial charge in [-0.15, -0.1) is 0 Å². The van der Waals surface area contributed by atoms with Crippen LogP contribution in [-0.4, -0.2) is 48.3 Å². The van der Waals surface area contributed by atoms with E-state index >= 15 is 0 Å². The Hall–Kier alpha value is -3.39. The van der Waals surface area contributed by atoms with E-state index in [4.69, 9.17) is 21.1 Å². The average molecular weight is 431 g/mol. The van der Waals surface area contributed by atoms with Gasteiger partial charge in [0.15, 0.2) is 0 Å². The highest BCUT2D eigenvalue weighted by molar-refractivity contribution is 6.34. The Balaban J connectivity index is 1.83. The number of anilines is 1. The molecule has 156 valence electrons. The van der Waals surface area contributed by atoms with E-state index in [0.29, 0.717) is 0 Å². The van der Waals surface area contributed by atoms with Gasteiger partial charge in [0, 0.05) is 6.07 Å².